The van der Waals surface area contributed by atoms with Crippen LogP contribution in [0.25, 0.3) is 10.1 Å². The minimum atomic E-state index is -0.476. The molecule has 1 N–H and O–H groups in total. The maximum absolute atomic E-state index is 11.0. The first kappa shape index (κ1) is 10.6. The molecule has 0 bridgehead atoms. The number of anilines is 1. The molecule has 0 aliphatic rings. The Hall–Kier alpha value is -1.95. The number of amides is 1. The maximum Gasteiger partial charge on any atom is 0.348 e. The number of nitro groups is 1. The van der Waals surface area contributed by atoms with E-state index in [-0.39, 0.29) is 16.6 Å². The van der Waals surface area contributed by atoms with Crippen molar-refractivity contribution in [1.82, 2.24) is 0 Å². The van der Waals surface area contributed by atoms with Gasteiger partial charge in [-0.15, -0.1) is 0 Å². The molecule has 0 atom stereocenters. The van der Waals surface area contributed by atoms with Crippen LogP contribution in [-0.4, -0.2) is 10.8 Å². The van der Waals surface area contributed by atoms with E-state index in [1.54, 1.807) is 24.3 Å². The molecule has 1 heterocycles. The summed E-state index contributed by atoms with van der Waals surface area (Å²) in [5.41, 5.74) is 0.290. The molecular formula is C10H8N2O3S. The molecule has 6 heteroatoms. The van der Waals surface area contributed by atoms with E-state index in [0.717, 1.165) is 16.0 Å². The summed E-state index contributed by atoms with van der Waals surface area (Å²) in [4.78, 5) is 21.4. The number of rotatable bonds is 2. The smallest absolute Gasteiger partial charge is 0.319 e. The molecule has 0 spiro atoms. The second-order valence-corrected chi connectivity index (χ2v) is 4.25. The van der Waals surface area contributed by atoms with Gasteiger partial charge in [0.25, 0.3) is 0 Å². The van der Waals surface area contributed by atoms with E-state index in [4.69, 9.17) is 0 Å². The fourth-order valence-electron chi connectivity index (χ4n) is 1.46. The van der Waals surface area contributed by atoms with E-state index in [0.29, 0.717) is 5.39 Å². The molecule has 0 radical (unpaired) electrons. The number of fused-ring (bicyclic) bond motifs is 1. The summed E-state index contributed by atoms with van der Waals surface area (Å²) in [5, 5.41) is 14.0. The van der Waals surface area contributed by atoms with Gasteiger partial charge in [-0.25, -0.2) is 0 Å². The zero-order valence-corrected chi connectivity index (χ0v) is 9.21. The summed E-state index contributed by atoms with van der Waals surface area (Å²) < 4.78 is 0.790. The van der Waals surface area contributed by atoms with Crippen LogP contribution in [0.1, 0.15) is 6.92 Å². The lowest BCUT2D eigenvalue weighted by Gasteiger charge is -1.98. The highest BCUT2D eigenvalue weighted by Gasteiger charge is 2.21. The number of nitrogens with one attached hydrogen (secondary N) is 1. The second kappa shape index (κ2) is 3.90. The molecule has 2 aromatic rings. The fourth-order valence-corrected chi connectivity index (χ4v) is 2.43. The number of thiophene rings is 1. The van der Waals surface area contributed by atoms with Gasteiger partial charge >= 0.3 is 5.00 Å². The molecule has 1 aromatic carbocycles. The van der Waals surface area contributed by atoms with Crippen LogP contribution < -0.4 is 5.32 Å². The first-order chi connectivity index (χ1) is 7.59. The van der Waals surface area contributed by atoms with Gasteiger partial charge in [0.1, 0.15) is 5.69 Å². The predicted octanol–water partition coefficient (Wildman–Crippen LogP) is 2.77. The van der Waals surface area contributed by atoms with E-state index in [1.807, 2.05) is 0 Å². The molecule has 1 amide bonds. The van der Waals surface area contributed by atoms with E-state index < -0.39 is 4.92 Å². The molecule has 0 fully saturated rings. The molecule has 16 heavy (non-hydrogen) atoms. The molecule has 0 unspecified atom stereocenters. The summed E-state index contributed by atoms with van der Waals surface area (Å²) >= 11 is 1.06. The Bertz CT molecular complexity index is 576. The van der Waals surface area contributed by atoms with Crippen molar-refractivity contribution < 1.29 is 9.72 Å². The summed E-state index contributed by atoms with van der Waals surface area (Å²) in [6, 6.07) is 7.13. The third kappa shape index (κ3) is 1.74. The standard InChI is InChI=1S/C10H8N2O3S/c1-6(13)11-9-7-4-2-3-5-8(7)16-10(9)12(14)15/h2-5H,1H3,(H,11,13). The number of benzene rings is 1. The van der Waals surface area contributed by atoms with Crippen molar-refractivity contribution in [1.29, 1.82) is 0 Å². The molecule has 1 aromatic heterocycles. The van der Waals surface area contributed by atoms with Crippen molar-refractivity contribution in [2.24, 2.45) is 0 Å². The second-order valence-electron chi connectivity index (χ2n) is 3.22. The number of hydrogen-bond acceptors (Lipinski definition) is 4. The number of hydrogen-bond donors (Lipinski definition) is 1. The van der Waals surface area contributed by atoms with Gasteiger partial charge in [0.05, 0.1) is 4.92 Å². The predicted molar refractivity (Wildman–Crippen MR) is 62.8 cm³/mol. The highest BCUT2D eigenvalue weighted by atomic mass is 32.1. The van der Waals surface area contributed by atoms with Crippen molar-refractivity contribution >= 4 is 38.0 Å². The molecule has 0 saturated carbocycles. The molecule has 0 saturated heterocycles. The largest absolute Gasteiger partial charge is 0.348 e. The lowest BCUT2D eigenvalue weighted by molar-refractivity contribution is -0.379. The molecule has 5 nitrogen and oxygen atoms in total. The Labute approximate surface area is 94.8 Å². The van der Waals surface area contributed by atoms with Crippen LogP contribution in [0.3, 0.4) is 0 Å². The Balaban J connectivity index is 2.69. The number of carbonyl (C=O) groups is 1. The Morgan fingerprint density at radius 1 is 1.44 bits per heavy atom. The van der Waals surface area contributed by atoms with Crippen LogP contribution in [0.4, 0.5) is 10.7 Å². The van der Waals surface area contributed by atoms with Crippen LogP contribution in [0.15, 0.2) is 24.3 Å². The Morgan fingerprint density at radius 3 is 2.75 bits per heavy atom. The minimum Gasteiger partial charge on any atom is -0.319 e. The third-order valence-corrected chi connectivity index (χ3v) is 3.17. The van der Waals surface area contributed by atoms with Gasteiger partial charge in [0.15, 0.2) is 0 Å². The van der Waals surface area contributed by atoms with Crippen LogP contribution in [-0.2, 0) is 4.79 Å². The maximum atomic E-state index is 11.0. The fraction of sp³-hybridized carbons (Fsp3) is 0.100. The number of nitrogens with zero attached hydrogens (tertiary/aromatic N) is 1. The first-order valence-electron chi connectivity index (χ1n) is 4.53. The van der Waals surface area contributed by atoms with E-state index in [9.17, 15) is 14.9 Å². The molecule has 82 valence electrons. The van der Waals surface area contributed by atoms with Crippen molar-refractivity contribution in [3.63, 3.8) is 0 Å². The lowest BCUT2D eigenvalue weighted by Crippen LogP contribution is -2.06. The van der Waals surface area contributed by atoms with E-state index >= 15 is 0 Å². The van der Waals surface area contributed by atoms with Crippen LogP contribution in [0.2, 0.25) is 0 Å². The van der Waals surface area contributed by atoms with Crippen molar-refractivity contribution in [3.05, 3.63) is 34.4 Å². The highest BCUT2D eigenvalue weighted by Crippen LogP contribution is 2.41. The first-order valence-corrected chi connectivity index (χ1v) is 5.34. The highest BCUT2D eigenvalue weighted by molar-refractivity contribution is 7.23. The summed E-state index contributed by atoms with van der Waals surface area (Å²) in [6.45, 7) is 1.33. The third-order valence-electron chi connectivity index (χ3n) is 2.04. The average molecular weight is 236 g/mol. The normalized spacial score (nSPS) is 10.3. The SMILES string of the molecule is CC(=O)Nc1c([N+](=O)[O-])sc2ccccc12. The molecular weight excluding hydrogens is 228 g/mol. The molecule has 0 aliphatic carbocycles. The van der Waals surface area contributed by atoms with Crippen molar-refractivity contribution in [2.75, 3.05) is 5.32 Å². The molecule has 2 rings (SSSR count). The zero-order valence-electron chi connectivity index (χ0n) is 8.39. The lowest BCUT2D eigenvalue weighted by atomic mass is 10.2. The topological polar surface area (TPSA) is 72.2 Å². The van der Waals surface area contributed by atoms with Gasteiger partial charge in [-0.1, -0.05) is 29.5 Å². The van der Waals surface area contributed by atoms with E-state index in [1.165, 1.54) is 6.92 Å². The van der Waals surface area contributed by atoms with Gasteiger partial charge in [-0.2, -0.15) is 0 Å². The van der Waals surface area contributed by atoms with Crippen LogP contribution in [0, 0.1) is 10.1 Å². The van der Waals surface area contributed by atoms with E-state index in [2.05, 4.69) is 5.32 Å². The van der Waals surface area contributed by atoms with Gasteiger partial charge in [0, 0.05) is 17.0 Å². The van der Waals surface area contributed by atoms with Crippen molar-refractivity contribution in [2.45, 2.75) is 6.92 Å². The van der Waals surface area contributed by atoms with Crippen molar-refractivity contribution in [3.8, 4) is 0 Å². The van der Waals surface area contributed by atoms with Gasteiger partial charge < -0.3 is 5.32 Å². The average Bonchev–Trinajstić information content (AvgIpc) is 2.57. The Morgan fingerprint density at radius 2 is 2.12 bits per heavy atom. The summed E-state index contributed by atoms with van der Waals surface area (Å²) in [7, 11) is 0. The van der Waals surface area contributed by atoms with Gasteiger partial charge in [0.2, 0.25) is 5.91 Å². The van der Waals surface area contributed by atoms with Gasteiger partial charge in [-0.3, -0.25) is 14.9 Å². The zero-order chi connectivity index (χ0) is 11.7. The minimum absolute atomic E-state index is 0.0311. The quantitative estimate of drug-likeness (QED) is 0.643. The summed E-state index contributed by atoms with van der Waals surface area (Å²) in [6.07, 6.45) is 0. The van der Waals surface area contributed by atoms with Crippen LogP contribution >= 0.6 is 11.3 Å². The molecule has 0 aliphatic heterocycles. The summed E-state index contributed by atoms with van der Waals surface area (Å²) in [5.74, 6) is -0.313. The van der Waals surface area contributed by atoms with Crippen LogP contribution in [0.5, 0.6) is 0 Å². The number of carbonyl (C=O) groups excluding carboxylic acids is 1. The van der Waals surface area contributed by atoms with Gasteiger partial charge in [-0.05, 0) is 6.07 Å². The monoisotopic (exact) mass is 236 g/mol. The Kier molecular flexibility index (Phi) is 2.57.